The van der Waals surface area contributed by atoms with Crippen LogP contribution in [0.3, 0.4) is 0 Å². The topological polar surface area (TPSA) is 49.6 Å². The number of carbonyl (C=O) groups excluding carboxylic acids is 1. The Morgan fingerprint density at radius 1 is 1.42 bits per heavy atom. The van der Waals surface area contributed by atoms with Crippen LogP contribution in [0, 0.1) is 5.82 Å². The molecule has 1 aromatic rings. The maximum absolute atomic E-state index is 13.3. The van der Waals surface area contributed by atoms with Gasteiger partial charge in [-0.3, -0.25) is 4.79 Å². The van der Waals surface area contributed by atoms with Crippen molar-refractivity contribution >= 4 is 11.6 Å². The molecule has 0 radical (unpaired) electrons. The monoisotopic (exact) mass is 265 g/mol. The van der Waals surface area contributed by atoms with E-state index in [0.29, 0.717) is 12.2 Å². The van der Waals surface area contributed by atoms with E-state index in [1.807, 2.05) is 14.0 Å². The Bertz CT molecular complexity index is 478. The highest BCUT2D eigenvalue weighted by molar-refractivity contribution is 5.99. The Kier molecular flexibility index (Phi) is 4.04. The molecule has 1 amide bonds. The fourth-order valence-corrected chi connectivity index (χ4v) is 2.54. The van der Waals surface area contributed by atoms with Crippen LogP contribution in [-0.4, -0.2) is 48.4 Å². The Morgan fingerprint density at radius 3 is 2.89 bits per heavy atom. The van der Waals surface area contributed by atoms with Gasteiger partial charge in [-0.1, -0.05) is 0 Å². The molecule has 1 aromatic carbocycles. The van der Waals surface area contributed by atoms with Crippen molar-refractivity contribution < 1.29 is 9.18 Å². The van der Waals surface area contributed by atoms with Crippen molar-refractivity contribution in [1.29, 1.82) is 0 Å². The molecular weight excluding hydrogens is 245 g/mol. The Balaban J connectivity index is 2.25. The van der Waals surface area contributed by atoms with Crippen LogP contribution in [0.1, 0.15) is 23.7 Å². The van der Waals surface area contributed by atoms with Gasteiger partial charge in [0.25, 0.3) is 5.91 Å². The quantitative estimate of drug-likeness (QED) is 0.784. The zero-order valence-corrected chi connectivity index (χ0v) is 11.4. The largest absolute Gasteiger partial charge is 0.398 e. The molecule has 1 saturated heterocycles. The van der Waals surface area contributed by atoms with Crippen molar-refractivity contribution in [2.24, 2.45) is 0 Å². The molecule has 1 unspecified atom stereocenters. The lowest BCUT2D eigenvalue weighted by Gasteiger charge is -2.28. The van der Waals surface area contributed by atoms with Crippen molar-refractivity contribution in [3.63, 3.8) is 0 Å². The SMILES string of the molecule is CC1CN(C)CCCN1C(=O)c1cc(F)ccc1N. The number of hydrogen-bond donors (Lipinski definition) is 1. The van der Waals surface area contributed by atoms with Gasteiger partial charge >= 0.3 is 0 Å². The van der Waals surface area contributed by atoms with E-state index in [9.17, 15) is 9.18 Å². The fourth-order valence-electron chi connectivity index (χ4n) is 2.54. The van der Waals surface area contributed by atoms with Crippen LogP contribution in [0.2, 0.25) is 0 Å². The number of amides is 1. The fraction of sp³-hybridized carbons (Fsp3) is 0.500. The van der Waals surface area contributed by atoms with E-state index in [-0.39, 0.29) is 17.5 Å². The summed E-state index contributed by atoms with van der Waals surface area (Å²) in [6, 6.07) is 4.03. The third-order valence-corrected chi connectivity index (χ3v) is 3.55. The number of hydrogen-bond acceptors (Lipinski definition) is 3. The predicted molar refractivity (Wildman–Crippen MR) is 73.4 cm³/mol. The van der Waals surface area contributed by atoms with Crippen LogP contribution in [0.25, 0.3) is 0 Å². The normalized spacial score (nSPS) is 21.2. The van der Waals surface area contributed by atoms with E-state index < -0.39 is 5.82 Å². The minimum Gasteiger partial charge on any atom is -0.398 e. The zero-order valence-electron chi connectivity index (χ0n) is 11.4. The predicted octanol–water partition coefficient (Wildman–Crippen LogP) is 1.57. The summed E-state index contributed by atoms with van der Waals surface area (Å²) in [5.74, 6) is -0.614. The molecule has 2 rings (SSSR count). The summed E-state index contributed by atoms with van der Waals surface area (Å²) >= 11 is 0. The molecule has 104 valence electrons. The van der Waals surface area contributed by atoms with E-state index in [1.54, 1.807) is 4.90 Å². The number of carbonyl (C=O) groups is 1. The molecule has 1 heterocycles. The Hall–Kier alpha value is -1.62. The molecule has 2 N–H and O–H groups in total. The molecule has 5 heteroatoms. The molecule has 0 bridgehead atoms. The van der Waals surface area contributed by atoms with Crippen molar-refractivity contribution in [3.05, 3.63) is 29.6 Å². The second kappa shape index (κ2) is 5.57. The minimum atomic E-state index is -0.433. The van der Waals surface area contributed by atoms with Gasteiger partial charge < -0.3 is 15.5 Å². The number of rotatable bonds is 1. The number of nitrogens with two attached hydrogens (primary N) is 1. The van der Waals surface area contributed by atoms with Crippen molar-refractivity contribution in [3.8, 4) is 0 Å². The number of nitrogens with zero attached hydrogens (tertiary/aromatic N) is 2. The summed E-state index contributed by atoms with van der Waals surface area (Å²) in [5, 5.41) is 0. The maximum atomic E-state index is 13.3. The average Bonchev–Trinajstić information content (AvgIpc) is 2.52. The van der Waals surface area contributed by atoms with E-state index in [1.165, 1.54) is 18.2 Å². The lowest BCUT2D eigenvalue weighted by molar-refractivity contribution is 0.0697. The summed E-state index contributed by atoms with van der Waals surface area (Å²) < 4.78 is 13.3. The highest BCUT2D eigenvalue weighted by atomic mass is 19.1. The van der Waals surface area contributed by atoms with Gasteiger partial charge in [0.2, 0.25) is 0 Å². The number of anilines is 1. The molecule has 19 heavy (non-hydrogen) atoms. The molecular formula is C14H20FN3O. The van der Waals surface area contributed by atoms with Crippen LogP contribution in [0.15, 0.2) is 18.2 Å². The van der Waals surface area contributed by atoms with Gasteiger partial charge in [-0.15, -0.1) is 0 Å². The van der Waals surface area contributed by atoms with Gasteiger partial charge in [-0.05, 0) is 45.1 Å². The summed E-state index contributed by atoms with van der Waals surface area (Å²) in [5.41, 5.74) is 6.37. The van der Waals surface area contributed by atoms with Crippen molar-refractivity contribution in [1.82, 2.24) is 9.80 Å². The highest BCUT2D eigenvalue weighted by Crippen LogP contribution is 2.19. The third-order valence-electron chi connectivity index (χ3n) is 3.55. The van der Waals surface area contributed by atoms with E-state index >= 15 is 0 Å². The lowest BCUT2D eigenvalue weighted by Crippen LogP contribution is -2.42. The first kappa shape index (κ1) is 13.8. The summed E-state index contributed by atoms with van der Waals surface area (Å²) in [4.78, 5) is 16.5. The van der Waals surface area contributed by atoms with Gasteiger partial charge in [-0.25, -0.2) is 4.39 Å². The molecule has 1 aliphatic heterocycles. The van der Waals surface area contributed by atoms with Crippen LogP contribution >= 0.6 is 0 Å². The number of benzene rings is 1. The smallest absolute Gasteiger partial charge is 0.256 e. The first-order valence-corrected chi connectivity index (χ1v) is 6.53. The standard InChI is InChI=1S/C14H20FN3O/c1-10-9-17(2)6-3-7-18(10)14(19)12-8-11(15)4-5-13(12)16/h4-5,8,10H,3,6-7,9,16H2,1-2H3. The van der Waals surface area contributed by atoms with E-state index in [4.69, 9.17) is 5.73 Å². The molecule has 0 aliphatic carbocycles. The van der Waals surface area contributed by atoms with Crippen LogP contribution < -0.4 is 5.73 Å². The molecule has 0 spiro atoms. The molecule has 1 atom stereocenters. The van der Waals surface area contributed by atoms with Gasteiger partial charge in [0.05, 0.1) is 5.56 Å². The van der Waals surface area contributed by atoms with Gasteiger partial charge in [0, 0.05) is 24.8 Å². The van der Waals surface area contributed by atoms with Gasteiger partial charge in [0.15, 0.2) is 0 Å². The first-order valence-electron chi connectivity index (χ1n) is 6.53. The number of likely N-dealkylation sites (N-methyl/N-ethyl adjacent to an activating group) is 1. The van der Waals surface area contributed by atoms with Crippen LogP contribution in [-0.2, 0) is 0 Å². The third kappa shape index (κ3) is 3.04. The van der Waals surface area contributed by atoms with Crippen molar-refractivity contribution in [2.75, 3.05) is 32.4 Å². The molecule has 4 nitrogen and oxygen atoms in total. The van der Waals surface area contributed by atoms with Crippen molar-refractivity contribution in [2.45, 2.75) is 19.4 Å². The molecule has 0 saturated carbocycles. The summed E-state index contributed by atoms with van der Waals surface area (Å²) in [7, 11) is 2.04. The second-order valence-electron chi connectivity index (χ2n) is 5.19. The average molecular weight is 265 g/mol. The van der Waals surface area contributed by atoms with E-state index in [0.717, 1.165) is 19.5 Å². The zero-order chi connectivity index (χ0) is 14.0. The molecule has 1 aliphatic rings. The lowest BCUT2D eigenvalue weighted by atomic mass is 10.1. The van der Waals surface area contributed by atoms with Crippen LogP contribution in [0.5, 0.6) is 0 Å². The van der Waals surface area contributed by atoms with Gasteiger partial charge in [-0.2, -0.15) is 0 Å². The Labute approximate surface area is 113 Å². The van der Waals surface area contributed by atoms with E-state index in [2.05, 4.69) is 4.90 Å². The number of nitrogen functional groups attached to an aromatic ring is 1. The first-order chi connectivity index (χ1) is 8.99. The summed E-state index contributed by atoms with van der Waals surface area (Å²) in [6.45, 7) is 4.48. The maximum Gasteiger partial charge on any atom is 0.256 e. The summed E-state index contributed by atoms with van der Waals surface area (Å²) in [6.07, 6.45) is 0.918. The minimum absolute atomic E-state index is 0.0997. The second-order valence-corrected chi connectivity index (χ2v) is 5.19. The molecule has 0 aromatic heterocycles. The van der Waals surface area contributed by atoms with Crippen LogP contribution in [0.4, 0.5) is 10.1 Å². The molecule has 1 fully saturated rings. The highest BCUT2D eigenvalue weighted by Gasteiger charge is 2.26. The van der Waals surface area contributed by atoms with Gasteiger partial charge in [0.1, 0.15) is 5.82 Å². The number of halogens is 1. The Morgan fingerprint density at radius 2 is 2.16 bits per heavy atom.